The van der Waals surface area contributed by atoms with Gasteiger partial charge in [0.25, 0.3) is 0 Å². The van der Waals surface area contributed by atoms with Crippen LogP contribution < -0.4 is 24.3 Å². The number of pyridine rings is 1. The van der Waals surface area contributed by atoms with Gasteiger partial charge in [0.1, 0.15) is 50.0 Å². The van der Waals surface area contributed by atoms with E-state index in [2.05, 4.69) is 16.4 Å². The number of hydrogen-bond acceptors (Lipinski definition) is 9. The monoisotopic (exact) mass is 615 g/mol. The molecule has 1 atom stereocenters. The summed E-state index contributed by atoms with van der Waals surface area (Å²) < 4.78 is 23.7. The maximum absolute atomic E-state index is 11.4. The number of fused-ring (bicyclic) bond motifs is 1. The molecule has 44 heavy (non-hydrogen) atoms. The molecule has 3 N–H and O–H groups in total. The van der Waals surface area contributed by atoms with E-state index in [1.54, 1.807) is 24.4 Å². The van der Waals surface area contributed by atoms with Crippen LogP contribution in [-0.4, -0.2) is 47.0 Å². The summed E-state index contributed by atoms with van der Waals surface area (Å²) in [5.74, 6) is 1.02. The summed E-state index contributed by atoms with van der Waals surface area (Å²) in [7, 11) is 0. The average Bonchev–Trinajstić information content (AvgIpc) is 3.04. The third-order valence-electron chi connectivity index (χ3n) is 7.14. The molecular formula is C33H30ClN3O7. The van der Waals surface area contributed by atoms with E-state index in [9.17, 15) is 20.3 Å². The summed E-state index contributed by atoms with van der Waals surface area (Å²) in [6, 6.07) is 17.7. The van der Waals surface area contributed by atoms with Crippen LogP contribution in [0.25, 0.3) is 11.1 Å². The summed E-state index contributed by atoms with van der Waals surface area (Å²) in [6.07, 6.45) is 3.05. The number of nitriles is 1. The van der Waals surface area contributed by atoms with Crippen molar-refractivity contribution in [3.05, 3.63) is 99.8 Å². The summed E-state index contributed by atoms with van der Waals surface area (Å²) in [4.78, 5) is 15.5. The number of benzene rings is 3. The van der Waals surface area contributed by atoms with Crippen molar-refractivity contribution in [3.63, 3.8) is 0 Å². The lowest BCUT2D eigenvalue weighted by molar-refractivity contribution is -0.140. The Kier molecular flexibility index (Phi) is 9.82. The van der Waals surface area contributed by atoms with Crippen molar-refractivity contribution in [1.82, 2.24) is 10.3 Å². The molecule has 0 aliphatic carbocycles. The van der Waals surface area contributed by atoms with Crippen LogP contribution in [-0.2, 0) is 24.6 Å². The Morgan fingerprint density at radius 1 is 1.05 bits per heavy atom. The average molecular weight is 616 g/mol. The molecule has 3 aromatic carbocycles. The van der Waals surface area contributed by atoms with Crippen LogP contribution in [0, 0.1) is 18.3 Å². The van der Waals surface area contributed by atoms with E-state index < -0.39 is 18.6 Å². The number of aliphatic hydroxyl groups excluding tert-OH is 1. The first kappa shape index (κ1) is 30.6. The SMILES string of the molecule is Cc1c(COc2cc(OCc3cncc(C#N)c3)c(CNC(CO)C(=O)O)cc2Cl)cccc1-c1ccc2c(c1)OCCO2. The van der Waals surface area contributed by atoms with Gasteiger partial charge < -0.3 is 29.2 Å². The van der Waals surface area contributed by atoms with Crippen molar-refractivity contribution in [2.75, 3.05) is 19.8 Å². The number of hydrogen-bond donors (Lipinski definition) is 3. The van der Waals surface area contributed by atoms with E-state index in [0.29, 0.717) is 52.2 Å². The highest BCUT2D eigenvalue weighted by molar-refractivity contribution is 6.32. The zero-order valence-corrected chi connectivity index (χ0v) is 24.6. The molecule has 1 aromatic heterocycles. The lowest BCUT2D eigenvalue weighted by atomic mass is 9.96. The molecule has 0 saturated carbocycles. The van der Waals surface area contributed by atoms with E-state index in [1.165, 1.54) is 6.20 Å². The number of ether oxygens (including phenoxy) is 4. The van der Waals surface area contributed by atoms with E-state index in [4.69, 9.17) is 30.5 Å². The first-order chi connectivity index (χ1) is 21.4. The molecule has 11 heteroatoms. The second-order valence-electron chi connectivity index (χ2n) is 10.1. The van der Waals surface area contributed by atoms with Crippen LogP contribution in [0.2, 0.25) is 5.02 Å². The number of carboxylic acids is 1. The zero-order chi connectivity index (χ0) is 31.1. The minimum atomic E-state index is -1.19. The lowest BCUT2D eigenvalue weighted by Gasteiger charge is -2.20. The van der Waals surface area contributed by atoms with Crippen LogP contribution in [0.5, 0.6) is 23.0 Å². The Morgan fingerprint density at radius 3 is 2.61 bits per heavy atom. The number of aliphatic carboxylic acids is 1. The number of nitrogens with one attached hydrogen (secondary N) is 1. The van der Waals surface area contributed by atoms with E-state index in [1.807, 2.05) is 43.3 Å². The molecule has 5 rings (SSSR count). The molecule has 0 saturated heterocycles. The fraction of sp³-hybridized carbons (Fsp3) is 0.242. The van der Waals surface area contributed by atoms with Crippen molar-refractivity contribution < 1.29 is 34.0 Å². The van der Waals surface area contributed by atoms with Gasteiger partial charge in [-0.1, -0.05) is 35.9 Å². The Labute approximate surface area is 259 Å². The van der Waals surface area contributed by atoms with E-state index in [-0.39, 0.29) is 19.8 Å². The maximum atomic E-state index is 11.4. The van der Waals surface area contributed by atoms with Gasteiger partial charge in [-0.05, 0) is 53.4 Å². The highest BCUT2D eigenvalue weighted by Crippen LogP contribution is 2.37. The number of carboxylic acid groups (broad SMARTS) is 1. The normalized spacial score (nSPS) is 12.7. The largest absolute Gasteiger partial charge is 0.488 e. The number of carbonyl (C=O) groups is 1. The second kappa shape index (κ2) is 14.1. The Morgan fingerprint density at radius 2 is 1.84 bits per heavy atom. The molecule has 10 nitrogen and oxygen atoms in total. The summed E-state index contributed by atoms with van der Waals surface area (Å²) in [5.41, 5.74) is 5.64. The van der Waals surface area contributed by atoms with Crippen LogP contribution >= 0.6 is 11.6 Å². The van der Waals surface area contributed by atoms with Gasteiger partial charge in [-0.3, -0.25) is 15.1 Å². The summed E-state index contributed by atoms with van der Waals surface area (Å²) >= 11 is 6.62. The van der Waals surface area contributed by atoms with Crippen molar-refractivity contribution in [2.24, 2.45) is 0 Å². The smallest absolute Gasteiger partial charge is 0.323 e. The first-order valence-corrected chi connectivity index (χ1v) is 14.2. The number of aliphatic hydroxyl groups is 1. The van der Waals surface area contributed by atoms with E-state index in [0.717, 1.165) is 28.0 Å². The minimum Gasteiger partial charge on any atom is -0.488 e. The van der Waals surface area contributed by atoms with Gasteiger partial charge in [0.15, 0.2) is 11.5 Å². The van der Waals surface area contributed by atoms with Crippen LogP contribution in [0.1, 0.15) is 27.8 Å². The van der Waals surface area contributed by atoms with Crippen molar-refractivity contribution in [3.8, 4) is 40.2 Å². The second-order valence-corrected chi connectivity index (χ2v) is 10.5. The third-order valence-corrected chi connectivity index (χ3v) is 7.43. The van der Waals surface area contributed by atoms with Crippen molar-refractivity contribution >= 4 is 17.6 Å². The molecule has 4 aromatic rings. The zero-order valence-electron chi connectivity index (χ0n) is 23.9. The Hall–Kier alpha value is -4.82. The Bertz CT molecular complexity index is 1710. The van der Waals surface area contributed by atoms with Gasteiger partial charge in [-0.15, -0.1) is 0 Å². The molecule has 0 bridgehead atoms. The van der Waals surface area contributed by atoms with Gasteiger partial charge in [0, 0.05) is 36.1 Å². The predicted octanol–water partition coefficient (Wildman–Crippen LogP) is 5.05. The van der Waals surface area contributed by atoms with Gasteiger partial charge in [-0.2, -0.15) is 5.26 Å². The topological polar surface area (TPSA) is 143 Å². The highest BCUT2D eigenvalue weighted by Gasteiger charge is 2.19. The van der Waals surface area contributed by atoms with Gasteiger partial charge >= 0.3 is 5.97 Å². The fourth-order valence-corrected chi connectivity index (χ4v) is 4.97. The minimum absolute atomic E-state index is 0.0556. The molecule has 0 spiro atoms. The van der Waals surface area contributed by atoms with Gasteiger partial charge in [0.2, 0.25) is 0 Å². The Balaban J connectivity index is 1.37. The summed E-state index contributed by atoms with van der Waals surface area (Å²) in [6.45, 7) is 2.85. The predicted molar refractivity (Wildman–Crippen MR) is 162 cm³/mol. The van der Waals surface area contributed by atoms with Gasteiger partial charge in [0.05, 0.1) is 17.2 Å². The number of nitrogens with zero attached hydrogens (tertiary/aromatic N) is 2. The molecular weight excluding hydrogens is 586 g/mol. The fourth-order valence-electron chi connectivity index (χ4n) is 4.73. The maximum Gasteiger partial charge on any atom is 0.323 e. The number of rotatable bonds is 12. The molecule has 1 unspecified atom stereocenters. The molecule has 226 valence electrons. The van der Waals surface area contributed by atoms with Crippen molar-refractivity contribution in [2.45, 2.75) is 32.7 Å². The molecule has 0 fully saturated rings. The standard InChI is InChI=1S/C33H30ClN3O7/c1-20-24(3-2-4-26(20)23-5-6-29-32(11-23)42-8-7-41-29)19-44-31-12-30(43-18-22-9-21(13-35)14-36-15-22)25(10-27(31)34)16-37-28(17-38)33(39)40/h2-6,9-12,14-15,28,37-38H,7-8,16-19H2,1H3,(H,39,40). The van der Waals surface area contributed by atoms with Crippen molar-refractivity contribution in [1.29, 1.82) is 5.26 Å². The quantitative estimate of drug-likeness (QED) is 0.198. The van der Waals surface area contributed by atoms with Crippen LogP contribution in [0.4, 0.5) is 0 Å². The summed E-state index contributed by atoms with van der Waals surface area (Å²) in [5, 5.41) is 31.0. The number of halogens is 1. The lowest BCUT2D eigenvalue weighted by Crippen LogP contribution is -2.39. The number of aromatic nitrogens is 1. The molecule has 0 radical (unpaired) electrons. The van der Waals surface area contributed by atoms with E-state index >= 15 is 0 Å². The van der Waals surface area contributed by atoms with Crippen LogP contribution in [0.3, 0.4) is 0 Å². The molecule has 1 aliphatic rings. The molecule has 1 aliphatic heterocycles. The molecule has 0 amide bonds. The third kappa shape index (κ3) is 7.21. The highest BCUT2D eigenvalue weighted by atomic mass is 35.5. The first-order valence-electron chi connectivity index (χ1n) is 13.8. The molecule has 2 heterocycles. The van der Waals surface area contributed by atoms with Gasteiger partial charge in [-0.25, -0.2) is 0 Å². The van der Waals surface area contributed by atoms with Crippen LogP contribution in [0.15, 0.2) is 67.0 Å².